The summed E-state index contributed by atoms with van der Waals surface area (Å²) in [6.45, 7) is 9.42. The Morgan fingerprint density at radius 1 is 0.508 bits per heavy atom. The Kier molecular flexibility index (Phi) is 7.64. The molecule has 5 nitrogen and oxygen atoms in total. The molecule has 3 aromatic heterocycles. The van der Waals surface area contributed by atoms with Crippen LogP contribution in [-0.2, 0) is 10.8 Å². The molecule has 0 spiro atoms. The topological polar surface area (TPSA) is 64.1 Å². The van der Waals surface area contributed by atoms with Gasteiger partial charge in [-0.15, -0.1) is 0 Å². The van der Waals surface area contributed by atoms with E-state index in [0.29, 0.717) is 22.7 Å². The van der Waals surface area contributed by atoms with Crippen molar-refractivity contribution >= 4 is 32.7 Å². The molecule has 11 rings (SSSR count). The van der Waals surface area contributed by atoms with Gasteiger partial charge in [-0.25, -0.2) is 9.97 Å². The van der Waals surface area contributed by atoms with Crippen molar-refractivity contribution < 1.29 is 9.52 Å². The number of aromatic nitrogens is 3. The van der Waals surface area contributed by atoms with Crippen LogP contribution in [0.25, 0.3) is 94.7 Å². The molecule has 0 aliphatic heterocycles. The van der Waals surface area contributed by atoms with E-state index in [1.807, 2.05) is 42.5 Å². The van der Waals surface area contributed by atoms with Crippen molar-refractivity contribution in [3.8, 4) is 67.7 Å². The maximum Gasteiger partial charge on any atom is 0.149 e. The Morgan fingerprint density at radius 3 is 1.81 bits per heavy atom. The summed E-state index contributed by atoms with van der Waals surface area (Å²) in [6.07, 6.45) is 2.12. The minimum atomic E-state index is -0.241. The number of aromatic hydroxyl groups is 1. The van der Waals surface area contributed by atoms with E-state index in [0.717, 1.165) is 72.0 Å². The number of fused-ring (bicyclic) bond motifs is 8. The molecule has 0 radical (unpaired) electrons. The van der Waals surface area contributed by atoms with Crippen LogP contribution in [0.3, 0.4) is 0 Å². The Hall–Kier alpha value is -7.24. The highest BCUT2D eigenvalue weighted by atomic mass is 16.3. The molecule has 0 bridgehead atoms. The molecule has 1 N–H and O–H groups in total. The number of pyridine rings is 1. The predicted molar refractivity (Wildman–Crippen MR) is 241 cm³/mol. The molecule has 0 saturated carbocycles. The van der Waals surface area contributed by atoms with E-state index in [1.54, 1.807) is 6.07 Å². The molecule has 10 aromatic rings. The van der Waals surface area contributed by atoms with Gasteiger partial charge in [-0.3, -0.25) is 4.57 Å². The van der Waals surface area contributed by atoms with Gasteiger partial charge in [-0.2, -0.15) is 0 Å². The number of nitrogens with zero attached hydrogens (tertiary/aromatic N) is 3. The Balaban J connectivity index is 1.29. The summed E-state index contributed by atoms with van der Waals surface area (Å²) in [5.41, 5.74) is 12.9. The molecular formula is C54H41N3O2. The average Bonchev–Trinajstić information content (AvgIpc) is 3.88. The monoisotopic (exact) mass is 763 g/mol. The maximum absolute atomic E-state index is 12.1. The Bertz CT molecular complexity index is 3220. The van der Waals surface area contributed by atoms with Gasteiger partial charge in [-0.1, -0.05) is 173 Å². The first-order valence-electron chi connectivity index (χ1n) is 20.2. The van der Waals surface area contributed by atoms with Gasteiger partial charge in [0.1, 0.15) is 28.4 Å². The zero-order chi connectivity index (χ0) is 40.0. The molecule has 7 aromatic carbocycles. The second-order valence-corrected chi connectivity index (χ2v) is 16.7. The molecule has 0 unspecified atom stereocenters. The van der Waals surface area contributed by atoms with E-state index >= 15 is 0 Å². The van der Waals surface area contributed by atoms with Crippen LogP contribution in [0, 0.1) is 0 Å². The summed E-state index contributed by atoms with van der Waals surface area (Å²) in [4.78, 5) is 11.3. The third-order valence-corrected chi connectivity index (χ3v) is 13.1. The van der Waals surface area contributed by atoms with Gasteiger partial charge in [0.25, 0.3) is 0 Å². The van der Waals surface area contributed by atoms with Crippen LogP contribution >= 0.6 is 0 Å². The number of benzene rings is 7. The number of furan rings is 1. The van der Waals surface area contributed by atoms with Crippen molar-refractivity contribution in [2.24, 2.45) is 0 Å². The third-order valence-electron chi connectivity index (χ3n) is 13.1. The van der Waals surface area contributed by atoms with Crippen molar-refractivity contribution in [1.29, 1.82) is 0 Å². The molecule has 5 heteroatoms. The van der Waals surface area contributed by atoms with Crippen molar-refractivity contribution in [2.45, 2.75) is 38.5 Å². The predicted octanol–water partition coefficient (Wildman–Crippen LogP) is 13.9. The van der Waals surface area contributed by atoms with Crippen molar-refractivity contribution in [3.63, 3.8) is 0 Å². The van der Waals surface area contributed by atoms with Crippen LogP contribution in [0.4, 0.5) is 0 Å². The first-order chi connectivity index (χ1) is 28.7. The number of phenols is 1. The van der Waals surface area contributed by atoms with Gasteiger partial charge in [0.15, 0.2) is 0 Å². The largest absolute Gasteiger partial charge is 0.507 e. The summed E-state index contributed by atoms with van der Waals surface area (Å²) in [5.74, 6) is 0.697. The van der Waals surface area contributed by atoms with Crippen LogP contribution in [-0.4, -0.2) is 19.6 Å². The third kappa shape index (κ3) is 5.10. The second kappa shape index (κ2) is 12.9. The fourth-order valence-corrected chi connectivity index (χ4v) is 9.55. The maximum atomic E-state index is 12.1. The van der Waals surface area contributed by atoms with E-state index in [2.05, 4.69) is 154 Å². The van der Waals surface area contributed by atoms with Crippen LogP contribution in [0.15, 0.2) is 174 Å². The minimum Gasteiger partial charge on any atom is -0.507 e. The molecule has 0 fully saturated rings. The first kappa shape index (κ1) is 35.0. The lowest BCUT2D eigenvalue weighted by molar-refractivity contribution is 0.300. The van der Waals surface area contributed by atoms with Crippen LogP contribution in [0.2, 0.25) is 0 Å². The number of hydrogen-bond donors (Lipinski definition) is 1. The molecule has 284 valence electrons. The lowest BCUT2D eigenvalue weighted by atomic mass is 9.55. The lowest BCUT2D eigenvalue weighted by Crippen LogP contribution is -2.44. The van der Waals surface area contributed by atoms with E-state index in [1.165, 1.54) is 11.1 Å². The van der Waals surface area contributed by atoms with Gasteiger partial charge < -0.3 is 9.52 Å². The quantitative estimate of drug-likeness (QED) is 0.190. The standard InChI is InChI=1S/C54H41N3O2/c1-53(2)41-28-15-13-24-39(41)50-48(54(53,3)4)37-22-11-12-23-38(37)49(56-50)42-32-57(52(55-42)47-43(58)30-31-45-46(47)40-25-14-16-29-44(40)59-45)51-35(33-18-7-5-8-19-33)26-17-27-36(51)34-20-9-6-10-21-34/h5-32,58H,1-4H3. The van der Waals surface area contributed by atoms with Crippen molar-refractivity contribution in [2.75, 3.05) is 0 Å². The van der Waals surface area contributed by atoms with Crippen LogP contribution < -0.4 is 0 Å². The zero-order valence-corrected chi connectivity index (χ0v) is 33.4. The van der Waals surface area contributed by atoms with Gasteiger partial charge in [-0.05, 0) is 51.3 Å². The van der Waals surface area contributed by atoms with Gasteiger partial charge in [0.05, 0.1) is 22.6 Å². The number of hydrogen-bond acceptors (Lipinski definition) is 4. The number of rotatable bonds is 5. The molecule has 0 amide bonds. The molecule has 59 heavy (non-hydrogen) atoms. The lowest BCUT2D eigenvalue weighted by Gasteiger charge is -2.48. The fraction of sp³-hybridized carbons (Fsp3) is 0.111. The van der Waals surface area contributed by atoms with Crippen LogP contribution in [0.1, 0.15) is 38.8 Å². The molecule has 1 aliphatic rings. The number of phenolic OH excluding ortho intramolecular Hbond substituents is 1. The normalized spacial score (nSPS) is 14.1. The highest BCUT2D eigenvalue weighted by Gasteiger charge is 2.47. The highest BCUT2D eigenvalue weighted by molar-refractivity contribution is 6.13. The SMILES string of the molecule is CC1(C)c2ccccc2-c2nc(-c3cn(-c4c(-c5ccccc5)cccc4-c4ccccc4)c(-c4c(O)ccc5oc6ccccc6c45)n3)c3ccccc3c2C1(C)C. The summed E-state index contributed by atoms with van der Waals surface area (Å²) in [6, 6.07) is 56.3. The molecule has 3 heterocycles. The Labute approximate surface area is 342 Å². The highest BCUT2D eigenvalue weighted by Crippen LogP contribution is 2.56. The van der Waals surface area contributed by atoms with E-state index < -0.39 is 0 Å². The van der Waals surface area contributed by atoms with Crippen LogP contribution in [0.5, 0.6) is 5.75 Å². The summed E-state index contributed by atoms with van der Waals surface area (Å²) in [7, 11) is 0. The summed E-state index contributed by atoms with van der Waals surface area (Å²) >= 11 is 0. The molecular weight excluding hydrogens is 723 g/mol. The van der Waals surface area contributed by atoms with Gasteiger partial charge >= 0.3 is 0 Å². The fourth-order valence-electron chi connectivity index (χ4n) is 9.55. The minimum absolute atomic E-state index is 0.113. The molecule has 1 aliphatic carbocycles. The second-order valence-electron chi connectivity index (χ2n) is 16.7. The molecule has 0 atom stereocenters. The van der Waals surface area contributed by atoms with Gasteiger partial charge in [0.2, 0.25) is 0 Å². The summed E-state index contributed by atoms with van der Waals surface area (Å²) < 4.78 is 8.60. The Morgan fingerprint density at radius 2 is 1.10 bits per heavy atom. The first-order valence-corrected chi connectivity index (χ1v) is 20.2. The average molecular weight is 764 g/mol. The smallest absolute Gasteiger partial charge is 0.149 e. The van der Waals surface area contributed by atoms with E-state index in [9.17, 15) is 5.11 Å². The van der Waals surface area contributed by atoms with E-state index in [4.69, 9.17) is 14.4 Å². The molecule has 0 saturated heterocycles. The van der Waals surface area contributed by atoms with Gasteiger partial charge in [0, 0.05) is 44.5 Å². The van der Waals surface area contributed by atoms with Crippen molar-refractivity contribution in [3.05, 3.63) is 181 Å². The number of para-hydroxylation sites is 2. The number of imidazole rings is 1. The summed E-state index contributed by atoms with van der Waals surface area (Å²) in [5, 5.41) is 16.0. The van der Waals surface area contributed by atoms with Crippen molar-refractivity contribution in [1.82, 2.24) is 14.5 Å². The zero-order valence-electron chi connectivity index (χ0n) is 33.4. The van der Waals surface area contributed by atoms with E-state index in [-0.39, 0.29) is 16.6 Å².